The summed E-state index contributed by atoms with van der Waals surface area (Å²) in [6, 6.07) is 7.50. The van der Waals surface area contributed by atoms with Crippen LogP contribution in [0.25, 0.3) is 0 Å². The van der Waals surface area contributed by atoms with Crippen molar-refractivity contribution in [1.82, 2.24) is 15.3 Å². The maximum Gasteiger partial charge on any atom is 0.251 e. The molecule has 0 spiro atoms. The molecule has 2 atom stereocenters. The molecule has 4 rings (SSSR count). The minimum absolute atomic E-state index is 0.151. The summed E-state index contributed by atoms with van der Waals surface area (Å²) in [6.07, 6.45) is 10.1. The summed E-state index contributed by atoms with van der Waals surface area (Å²) in [5, 5.41) is 12.6. The van der Waals surface area contributed by atoms with E-state index >= 15 is 0 Å². The second kappa shape index (κ2) is 9.21. The van der Waals surface area contributed by atoms with Crippen LogP contribution in [-0.4, -0.2) is 28.1 Å². The lowest BCUT2D eigenvalue weighted by atomic mass is 9.83. The molecule has 0 saturated heterocycles. The van der Waals surface area contributed by atoms with Crippen molar-refractivity contribution in [3.05, 3.63) is 87.4 Å². The molecule has 2 aromatic heterocycles. The van der Waals surface area contributed by atoms with E-state index in [9.17, 15) is 10.1 Å². The van der Waals surface area contributed by atoms with Crippen LogP contribution >= 0.6 is 0 Å². The molecule has 0 fully saturated rings. The third-order valence-electron chi connectivity index (χ3n) is 5.87. The van der Waals surface area contributed by atoms with Crippen LogP contribution in [0.4, 0.5) is 5.82 Å². The third kappa shape index (κ3) is 4.90. The van der Waals surface area contributed by atoms with E-state index in [1.54, 1.807) is 24.4 Å². The van der Waals surface area contributed by atoms with Crippen LogP contribution in [0.5, 0.6) is 0 Å². The standard InChI is InChI=1S/C26H26N6O/c1-15-6-20-8-18(9-21(12-27)25(20)30-13-15)10-22-11-19(4-5-29-22)26(33)31-14-23-16(2)7-24(28)32-17(23)3/h4-9,11,13,21,25H,10,14H2,1-3H3,(H2,28,32)(H,31,33). The summed E-state index contributed by atoms with van der Waals surface area (Å²) < 4.78 is 0. The maximum absolute atomic E-state index is 12.8. The number of nitrogens with two attached hydrogens (primary N) is 1. The summed E-state index contributed by atoms with van der Waals surface area (Å²) in [4.78, 5) is 26.0. The molecule has 7 heteroatoms. The third-order valence-corrected chi connectivity index (χ3v) is 5.87. The fourth-order valence-corrected chi connectivity index (χ4v) is 4.25. The quantitative estimate of drug-likeness (QED) is 0.740. The van der Waals surface area contributed by atoms with E-state index in [-0.39, 0.29) is 17.9 Å². The van der Waals surface area contributed by atoms with Gasteiger partial charge in [-0.05, 0) is 66.8 Å². The van der Waals surface area contributed by atoms with Gasteiger partial charge in [0.05, 0.1) is 18.0 Å². The van der Waals surface area contributed by atoms with E-state index in [1.807, 2.05) is 33.1 Å². The zero-order valence-corrected chi connectivity index (χ0v) is 19.0. The van der Waals surface area contributed by atoms with Crippen LogP contribution < -0.4 is 11.1 Å². The summed E-state index contributed by atoms with van der Waals surface area (Å²) in [5.41, 5.74) is 13.0. The van der Waals surface area contributed by atoms with Crippen molar-refractivity contribution in [2.75, 3.05) is 5.73 Å². The molecule has 3 heterocycles. The number of aromatic nitrogens is 2. The van der Waals surface area contributed by atoms with E-state index in [4.69, 9.17) is 5.73 Å². The van der Waals surface area contributed by atoms with Gasteiger partial charge in [0.2, 0.25) is 0 Å². The Kier molecular flexibility index (Phi) is 6.18. The number of nitrogens with zero attached hydrogens (tertiary/aromatic N) is 4. The normalized spacial score (nSPS) is 19.0. The molecule has 0 aromatic carbocycles. The average Bonchev–Trinajstić information content (AvgIpc) is 2.77. The molecule has 1 amide bonds. The molecule has 0 radical (unpaired) electrons. The van der Waals surface area contributed by atoms with Crippen LogP contribution in [0.15, 0.2) is 64.3 Å². The van der Waals surface area contributed by atoms with Gasteiger partial charge < -0.3 is 11.1 Å². The highest BCUT2D eigenvalue weighted by atomic mass is 16.1. The van der Waals surface area contributed by atoms with Crippen molar-refractivity contribution in [2.45, 2.75) is 39.8 Å². The van der Waals surface area contributed by atoms with E-state index in [2.05, 4.69) is 38.5 Å². The van der Waals surface area contributed by atoms with E-state index < -0.39 is 0 Å². The van der Waals surface area contributed by atoms with Gasteiger partial charge in [0.1, 0.15) is 5.82 Å². The first-order chi connectivity index (χ1) is 15.8. The molecule has 166 valence electrons. The van der Waals surface area contributed by atoms with Gasteiger partial charge in [-0.25, -0.2) is 4.98 Å². The van der Waals surface area contributed by atoms with Crippen LogP contribution in [0, 0.1) is 31.1 Å². The largest absolute Gasteiger partial charge is 0.384 e. The second-order valence-corrected chi connectivity index (χ2v) is 8.48. The Hall–Kier alpha value is -4.05. The number of fused-ring (bicyclic) bond motifs is 1. The summed E-state index contributed by atoms with van der Waals surface area (Å²) in [5.74, 6) is -0.0195. The number of nitrogens with one attached hydrogen (secondary N) is 1. The predicted octanol–water partition coefficient (Wildman–Crippen LogP) is 3.55. The van der Waals surface area contributed by atoms with Crippen molar-refractivity contribution in [3.8, 4) is 6.07 Å². The predicted molar refractivity (Wildman–Crippen MR) is 129 cm³/mol. The maximum atomic E-state index is 12.8. The highest BCUT2D eigenvalue weighted by molar-refractivity contribution is 5.94. The number of carbonyl (C=O) groups excluding carboxylic acids is 1. The lowest BCUT2D eigenvalue weighted by Gasteiger charge is -2.25. The number of hydrogen-bond acceptors (Lipinski definition) is 6. The first-order valence-electron chi connectivity index (χ1n) is 10.8. The summed E-state index contributed by atoms with van der Waals surface area (Å²) >= 11 is 0. The van der Waals surface area contributed by atoms with Gasteiger partial charge in [0, 0.05) is 42.3 Å². The molecule has 2 aliphatic rings. The zero-order valence-electron chi connectivity index (χ0n) is 19.0. The minimum atomic E-state index is -0.313. The molecule has 1 aliphatic heterocycles. The van der Waals surface area contributed by atoms with Crippen molar-refractivity contribution in [2.24, 2.45) is 10.9 Å². The summed E-state index contributed by atoms with van der Waals surface area (Å²) in [6.45, 7) is 6.20. The molecule has 2 aromatic rings. The molecule has 33 heavy (non-hydrogen) atoms. The van der Waals surface area contributed by atoms with E-state index in [1.165, 1.54) is 0 Å². The Morgan fingerprint density at radius 3 is 2.82 bits per heavy atom. The monoisotopic (exact) mass is 438 g/mol. The SMILES string of the molecule is CC1=CC2=CC(Cc3cc(C(=O)NCc4c(C)cc(N)nc4C)ccn3)=CC(C#N)C2N=C1. The van der Waals surface area contributed by atoms with E-state index in [0.29, 0.717) is 24.3 Å². The van der Waals surface area contributed by atoms with Crippen LogP contribution in [0.2, 0.25) is 0 Å². The van der Waals surface area contributed by atoms with Gasteiger partial charge >= 0.3 is 0 Å². The highest BCUT2D eigenvalue weighted by Gasteiger charge is 2.27. The zero-order chi connectivity index (χ0) is 23.5. The first kappa shape index (κ1) is 22.2. The Balaban J connectivity index is 1.48. The summed E-state index contributed by atoms with van der Waals surface area (Å²) in [7, 11) is 0. The second-order valence-electron chi connectivity index (χ2n) is 8.48. The van der Waals surface area contributed by atoms with Gasteiger partial charge in [0.15, 0.2) is 0 Å². The number of pyridine rings is 2. The van der Waals surface area contributed by atoms with Gasteiger partial charge in [-0.2, -0.15) is 5.26 Å². The number of dihydropyridines is 1. The average molecular weight is 439 g/mol. The van der Waals surface area contributed by atoms with Crippen LogP contribution in [0.3, 0.4) is 0 Å². The molecule has 0 saturated carbocycles. The fraction of sp³-hybridized carbons (Fsp3) is 0.269. The van der Waals surface area contributed by atoms with E-state index in [0.717, 1.165) is 39.2 Å². The van der Waals surface area contributed by atoms with Crippen molar-refractivity contribution < 1.29 is 4.79 Å². The highest BCUT2D eigenvalue weighted by Crippen LogP contribution is 2.30. The lowest BCUT2D eigenvalue weighted by Crippen LogP contribution is -2.25. The minimum Gasteiger partial charge on any atom is -0.384 e. The van der Waals surface area contributed by atoms with Crippen molar-refractivity contribution in [1.29, 1.82) is 5.26 Å². The number of amides is 1. The molecule has 1 aliphatic carbocycles. The Morgan fingerprint density at radius 2 is 2.06 bits per heavy atom. The topological polar surface area (TPSA) is 117 Å². The molecular formula is C26H26N6O. The number of carbonyl (C=O) groups is 1. The number of anilines is 1. The Bertz CT molecular complexity index is 1250. The Morgan fingerprint density at radius 1 is 1.24 bits per heavy atom. The molecule has 3 N–H and O–H groups in total. The van der Waals surface area contributed by atoms with Crippen LogP contribution in [0.1, 0.15) is 39.8 Å². The van der Waals surface area contributed by atoms with Gasteiger partial charge in [0.25, 0.3) is 5.91 Å². The number of rotatable bonds is 5. The number of nitriles is 1. The molecule has 7 nitrogen and oxygen atoms in total. The molecule has 2 unspecified atom stereocenters. The number of aliphatic imine (C=N–C) groups is 1. The number of nitrogen functional groups attached to an aromatic ring is 1. The van der Waals surface area contributed by atoms with Crippen molar-refractivity contribution >= 4 is 17.9 Å². The fourth-order valence-electron chi connectivity index (χ4n) is 4.25. The lowest BCUT2D eigenvalue weighted by molar-refractivity contribution is 0.0950. The number of hydrogen-bond donors (Lipinski definition) is 2. The molecule has 0 bridgehead atoms. The van der Waals surface area contributed by atoms with Gasteiger partial charge in [-0.3, -0.25) is 14.8 Å². The first-order valence-corrected chi connectivity index (χ1v) is 10.8. The van der Waals surface area contributed by atoms with Gasteiger partial charge in [-0.15, -0.1) is 0 Å². The molecular weight excluding hydrogens is 412 g/mol. The smallest absolute Gasteiger partial charge is 0.251 e. The number of aryl methyl sites for hydroxylation is 2. The van der Waals surface area contributed by atoms with Crippen molar-refractivity contribution in [3.63, 3.8) is 0 Å². The van der Waals surface area contributed by atoms with Gasteiger partial charge in [-0.1, -0.05) is 18.2 Å². The number of allylic oxidation sites excluding steroid dienone is 3. The Labute approximate surface area is 193 Å². The van der Waals surface area contributed by atoms with Crippen LogP contribution in [-0.2, 0) is 13.0 Å².